The van der Waals surface area contributed by atoms with Crippen molar-refractivity contribution >= 4 is 5.97 Å². The topological polar surface area (TPSA) is 76.0 Å². The smallest absolute Gasteiger partial charge is 0.339 e. The average molecular weight is 240 g/mol. The summed E-state index contributed by atoms with van der Waals surface area (Å²) in [7, 11) is 1.50. The van der Waals surface area contributed by atoms with Crippen molar-refractivity contribution in [3.8, 4) is 11.5 Å². The highest BCUT2D eigenvalue weighted by atomic mass is 16.5. The van der Waals surface area contributed by atoms with Crippen molar-refractivity contribution in [2.24, 2.45) is 5.92 Å². The van der Waals surface area contributed by atoms with Crippen LogP contribution in [0.25, 0.3) is 0 Å². The number of aliphatic hydroxyl groups is 1. The van der Waals surface area contributed by atoms with Gasteiger partial charge in [0.2, 0.25) is 0 Å². The quantitative estimate of drug-likeness (QED) is 0.786. The van der Waals surface area contributed by atoms with E-state index in [0.29, 0.717) is 5.75 Å². The van der Waals surface area contributed by atoms with Crippen molar-refractivity contribution in [2.75, 3.05) is 20.3 Å². The molecule has 0 bridgehead atoms. The molecule has 2 N–H and O–H groups in total. The highest BCUT2D eigenvalue weighted by molar-refractivity contribution is 5.91. The summed E-state index contributed by atoms with van der Waals surface area (Å²) in [6, 6.07) is 4.51. The number of ether oxygens (including phenoxy) is 2. The van der Waals surface area contributed by atoms with Crippen LogP contribution in [0.1, 0.15) is 17.3 Å². The van der Waals surface area contributed by atoms with Gasteiger partial charge in [-0.25, -0.2) is 4.79 Å². The molecule has 17 heavy (non-hydrogen) atoms. The van der Waals surface area contributed by atoms with Gasteiger partial charge in [0.25, 0.3) is 0 Å². The van der Waals surface area contributed by atoms with E-state index in [1.54, 1.807) is 13.0 Å². The van der Waals surface area contributed by atoms with E-state index in [9.17, 15) is 4.79 Å². The number of methoxy groups -OCH3 is 1. The Labute approximate surface area is 99.6 Å². The largest absolute Gasteiger partial charge is 0.497 e. The van der Waals surface area contributed by atoms with Crippen molar-refractivity contribution in [2.45, 2.75) is 6.92 Å². The van der Waals surface area contributed by atoms with Gasteiger partial charge in [0.05, 0.1) is 13.7 Å². The molecule has 0 aliphatic rings. The highest BCUT2D eigenvalue weighted by Crippen LogP contribution is 2.25. The summed E-state index contributed by atoms with van der Waals surface area (Å²) in [6.45, 7) is 2.05. The molecule has 0 saturated heterocycles. The van der Waals surface area contributed by atoms with Gasteiger partial charge in [0.15, 0.2) is 0 Å². The molecule has 1 rings (SSSR count). The summed E-state index contributed by atoms with van der Waals surface area (Å²) in [6.07, 6.45) is 0. The standard InChI is InChI=1S/C12H16O5/c1-8(6-13)7-17-11-5-9(16-2)3-4-10(11)12(14)15/h3-5,8,13H,6-7H2,1-2H3,(H,14,15). The Morgan fingerprint density at radius 2 is 2.18 bits per heavy atom. The van der Waals surface area contributed by atoms with Crippen molar-refractivity contribution in [1.82, 2.24) is 0 Å². The van der Waals surface area contributed by atoms with Gasteiger partial charge in [-0.15, -0.1) is 0 Å². The summed E-state index contributed by atoms with van der Waals surface area (Å²) >= 11 is 0. The first-order valence-electron chi connectivity index (χ1n) is 5.23. The normalized spacial score (nSPS) is 11.9. The van der Waals surface area contributed by atoms with E-state index in [0.717, 1.165) is 0 Å². The number of carboxylic acids is 1. The van der Waals surface area contributed by atoms with Crippen LogP contribution in [0.2, 0.25) is 0 Å². The monoisotopic (exact) mass is 240 g/mol. The Balaban J connectivity index is 2.89. The van der Waals surface area contributed by atoms with Crippen molar-refractivity contribution < 1.29 is 24.5 Å². The van der Waals surface area contributed by atoms with E-state index in [-0.39, 0.29) is 30.4 Å². The molecule has 1 aromatic rings. The molecular formula is C12H16O5. The maximum absolute atomic E-state index is 11.0. The Bertz CT molecular complexity index is 388. The van der Waals surface area contributed by atoms with Crippen molar-refractivity contribution in [3.63, 3.8) is 0 Å². The van der Waals surface area contributed by atoms with Gasteiger partial charge >= 0.3 is 5.97 Å². The zero-order valence-corrected chi connectivity index (χ0v) is 9.84. The molecule has 5 heteroatoms. The zero-order chi connectivity index (χ0) is 12.8. The summed E-state index contributed by atoms with van der Waals surface area (Å²) in [5, 5.41) is 17.9. The lowest BCUT2D eigenvalue weighted by atomic mass is 10.2. The second-order valence-electron chi connectivity index (χ2n) is 3.77. The highest BCUT2D eigenvalue weighted by Gasteiger charge is 2.13. The van der Waals surface area contributed by atoms with E-state index in [4.69, 9.17) is 19.7 Å². The third kappa shape index (κ3) is 3.64. The van der Waals surface area contributed by atoms with Gasteiger partial charge < -0.3 is 19.7 Å². The van der Waals surface area contributed by atoms with Gasteiger partial charge in [-0.2, -0.15) is 0 Å². The minimum absolute atomic E-state index is 0.00757. The van der Waals surface area contributed by atoms with Crippen LogP contribution in [0, 0.1) is 5.92 Å². The second kappa shape index (κ2) is 6.10. The molecule has 1 aromatic carbocycles. The average Bonchev–Trinajstić information content (AvgIpc) is 2.35. The van der Waals surface area contributed by atoms with Crippen LogP contribution in [0.4, 0.5) is 0 Å². The first-order chi connectivity index (χ1) is 8.08. The Kier molecular flexibility index (Phi) is 4.78. The van der Waals surface area contributed by atoms with Crippen LogP contribution < -0.4 is 9.47 Å². The summed E-state index contributed by atoms with van der Waals surface area (Å²) in [5.41, 5.74) is 0.0796. The van der Waals surface area contributed by atoms with Crippen molar-refractivity contribution in [3.05, 3.63) is 23.8 Å². The lowest BCUT2D eigenvalue weighted by Crippen LogP contribution is -2.14. The molecule has 1 unspecified atom stereocenters. The molecule has 0 amide bonds. The van der Waals surface area contributed by atoms with Gasteiger partial charge in [-0.1, -0.05) is 6.92 Å². The zero-order valence-electron chi connectivity index (χ0n) is 9.84. The maximum atomic E-state index is 11.0. The van der Waals surface area contributed by atoms with E-state index in [1.165, 1.54) is 19.2 Å². The molecule has 1 atom stereocenters. The summed E-state index contributed by atoms with van der Waals surface area (Å²) in [4.78, 5) is 11.0. The molecule has 0 spiro atoms. The van der Waals surface area contributed by atoms with Crippen LogP contribution in [0.3, 0.4) is 0 Å². The van der Waals surface area contributed by atoms with Crippen LogP contribution in [0.15, 0.2) is 18.2 Å². The number of rotatable bonds is 6. The van der Waals surface area contributed by atoms with Crippen LogP contribution >= 0.6 is 0 Å². The third-order valence-corrected chi connectivity index (χ3v) is 2.25. The lowest BCUT2D eigenvalue weighted by Gasteiger charge is -2.13. The third-order valence-electron chi connectivity index (χ3n) is 2.25. The van der Waals surface area contributed by atoms with E-state index < -0.39 is 5.97 Å². The number of aliphatic hydroxyl groups excluding tert-OH is 1. The molecule has 0 heterocycles. The molecule has 0 saturated carbocycles. The Morgan fingerprint density at radius 3 is 2.71 bits per heavy atom. The lowest BCUT2D eigenvalue weighted by molar-refractivity contribution is 0.0690. The molecule has 0 fully saturated rings. The van der Waals surface area contributed by atoms with Crippen LogP contribution in [0.5, 0.6) is 11.5 Å². The molecule has 0 aliphatic carbocycles. The number of carboxylic acid groups (broad SMARTS) is 1. The number of hydrogen-bond acceptors (Lipinski definition) is 4. The van der Waals surface area contributed by atoms with Gasteiger partial charge in [0.1, 0.15) is 17.1 Å². The van der Waals surface area contributed by atoms with E-state index in [1.807, 2.05) is 0 Å². The van der Waals surface area contributed by atoms with Gasteiger partial charge in [-0.3, -0.25) is 0 Å². The molecule has 94 valence electrons. The summed E-state index contributed by atoms with van der Waals surface area (Å²) in [5.74, 6) is -0.332. The SMILES string of the molecule is COc1ccc(C(=O)O)c(OCC(C)CO)c1. The number of carbonyl (C=O) groups is 1. The fourth-order valence-corrected chi connectivity index (χ4v) is 1.21. The molecule has 0 aromatic heterocycles. The Morgan fingerprint density at radius 1 is 1.47 bits per heavy atom. The number of aromatic carboxylic acids is 1. The fourth-order valence-electron chi connectivity index (χ4n) is 1.21. The van der Waals surface area contributed by atoms with Crippen molar-refractivity contribution in [1.29, 1.82) is 0 Å². The second-order valence-corrected chi connectivity index (χ2v) is 3.77. The van der Waals surface area contributed by atoms with Crippen LogP contribution in [-0.4, -0.2) is 36.5 Å². The van der Waals surface area contributed by atoms with E-state index >= 15 is 0 Å². The predicted molar refractivity (Wildman–Crippen MR) is 61.7 cm³/mol. The van der Waals surface area contributed by atoms with Gasteiger partial charge in [-0.05, 0) is 12.1 Å². The molecular weight excluding hydrogens is 224 g/mol. The minimum Gasteiger partial charge on any atom is -0.497 e. The maximum Gasteiger partial charge on any atom is 0.339 e. The minimum atomic E-state index is -1.06. The molecule has 0 radical (unpaired) electrons. The Hall–Kier alpha value is -1.75. The van der Waals surface area contributed by atoms with E-state index in [2.05, 4.69) is 0 Å². The molecule has 5 nitrogen and oxygen atoms in total. The first kappa shape index (κ1) is 13.3. The van der Waals surface area contributed by atoms with Gasteiger partial charge in [0, 0.05) is 18.6 Å². The number of benzene rings is 1. The predicted octanol–water partition coefficient (Wildman–Crippen LogP) is 1.40. The summed E-state index contributed by atoms with van der Waals surface area (Å²) < 4.78 is 10.4. The number of hydrogen-bond donors (Lipinski definition) is 2. The fraction of sp³-hybridized carbons (Fsp3) is 0.417. The van der Waals surface area contributed by atoms with Crippen LogP contribution in [-0.2, 0) is 0 Å². The molecule has 0 aliphatic heterocycles. The first-order valence-corrected chi connectivity index (χ1v) is 5.23.